The van der Waals surface area contributed by atoms with Crippen molar-refractivity contribution in [1.82, 2.24) is 10.6 Å². The van der Waals surface area contributed by atoms with Gasteiger partial charge in [-0.3, -0.25) is 0 Å². The van der Waals surface area contributed by atoms with Crippen LogP contribution >= 0.6 is 0 Å². The summed E-state index contributed by atoms with van der Waals surface area (Å²) in [4.78, 5) is 0. The monoisotopic (exact) mass is 340 g/mol. The minimum Gasteiger partial charge on any atom is -0.493 e. The van der Waals surface area contributed by atoms with E-state index < -0.39 is 0 Å². The quantitative estimate of drug-likeness (QED) is 0.773. The molecular weight excluding hydrogens is 312 g/mol. The van der Waals surface area contributed by atoms with Crippen LogP contribution in [0.15, 0.2) is 48.5 Å². The smallest absolute Gasteiger partial charge is 0.161 e. The standard InChI is InChI=1S/C21H28N2O2/c1-24-21-13-19(15-23-14-17-9-11-22-12-10-17)7-8-20(21)25-16-18-5-3-2-4-6-18/h2-8,13,17,22-23H,9-12,14-16H2,1H3. The molecule has 0 spiro atoms. The Morgan fingerprint density at radius 2 is 1.80 bits per heavy atom. The molecule has 1 fully saturated rings. The van der Waals surface area contributed by atoms with Crippen molar-refractivity contribution < 1.29 is 9.47 Å². The van der Waals surface area contributed by atoms with Gasteiger partial charge in [0.05, 0.1) is 7.11 Å². The molecule has 1 aliphatic rings. The molecule has 2 N–H and O–H groups in total. The lowest BCUT2D eigenvalue weighted by atomic mass is 9.98. The number of rotatable bonds is 8. The van der Waals surface area contributed by atoms with Crippen LogP contribution in [0.1, 0.15) is 24.0 Å². The second-order valence-corrected chi connectivity index (χ2v) is 6.58. The van der Waals surface area contributed by atoms with Crippen LogP contribution in [0, 0.1) is 5.92 Å². The zero-order valence-electron chi connectivity index (χ0n) is 15.0. The van der Waals surface area contributed by atoms with Crippen LogP contribution in [0.2, 0.25) is 0 Å². The molecular formula is C21H28N2O2. The minimum atomic E-state index is 0.546. The fourth-order valence-electron chi connectivity index (χ4n) is 3.18. The predicted molar refractivity (Wildman–Crippen MR) is 101 cm³/mol. The molecule has 0 saturated carbocycles. The maximum Gasteiger partial charge on any atom is 0.161 e. The van der Waals surface area contributed by atoms with Crippen LogP contribution in [0.4, 0.5) is 0 Å². The highest BCUT2D eigenvalue weighted by atomic mass is 16.5. The Morgan fingerprint density at radius 1 is 1.00 bits per heavy atom. The normalized spacial score (nSPS) is 15.1. The van der Waals surface area contributed by atoms with Gasteiger partial charge < -0.3 is 20.1 Å². The van der Waals surface area contributed by atoms with Crippen LogP contribution in [0.5, 0.6) is 11.5 Å². The summed E-state index contributed by atoms with van der Waals surface area (Å²) < 4.78 is 11.4. The Kier molecular flexibility index (Phi) is 6.71. The van der Waals surface area contributed by atoms with Gasteiger partial charge in [-0.1, -0.05) is 36.4 Å². The van der Waals surface area contributed by atoms with Gasteiger partial charge in [-0.15, -0.1) is 0 Å². The number of hydrogen-bond donors (Lipinski definition) is 2. The molecule has 0 atom stereocenters. The van der Waals surface area contributed by atoms with Crippen molar-refractivity contribution in [2.24, 2.45) is 5.92 Å². The molecule has 0 amide bonds. The first-order valence-corrected chi connectivity index (χ1v) is 9.10. The number of nitrogens with one attached hydrogen (secondary N) is 2. The van der Waals surface area contributed by atoms with Gasteiger partial charge in [-0.2, -0.15) is 0 Å². The number of benzene rings is 2. The van der Waals surface area contributed by atoms with Crippen LogP contribution in [-0.4, -0.2) is 26.7 Å². The molecule has 2 aromatic carbocycles. The van der Waals surface area contributed by atoms with Gasteiger partial charge in [0.2, 0.25) is 0 Å². The summed E-state index contributed by atoms with van der Waals surface area (Å²) >= 11 is 0. The SMILES string of the molecule is COc1cc(CNCC2CCNCC2)ccc1OCc1ccccc1. The number of hydrogen-bond acceptors (Lipinski definition) is 4. The van der Waals surface area contributed by atoms with E-state index in [0.29, 0.717) is 6.61 Å². The molecule has 0 aromatic heterocycles. The summed E-state index contributed by atoms with van der Waals surface area (Å²) in [5.74, 6) is 2.36. The third-order valence-corrected chi connectivity index (χ3v) is 4.69. The maximum atomic E-state index is 5.92. The number of ether oxygens (including phenoxy) is 2. The molecule has 4 nitrogen and oxygen atoms in total. The molecule has 25 heavy (non-hydrogen) atoms. The summed E-state index contributed by atoms with van der Waals surface area (Å²) in [7, 11) is 1.69. The van der Waals surface area contributed by atoms with E-state index in [4.69, 9.17) is 9.47 Å². The van der Waals surface area contributed by atoms with Crippen molar-refractivity contribution in [2.45, 2.75) is 26.0 Å². The Morgan fingerprint density at radius 3 is 2.56 bits per heavy atom. The summed E-state index contributed by atoms with van der Waals surface area (Å²) in [6.45, 7) is 4.78. The molecule has 3 rings (SSSR count). The van der Waals surface area contributed by atoms with E-state index in [1.807, 2.05) is 24.3 Å². The number of methoxy groups -OCH3 is 1. The topological polar surface area (TPSA) is 42.5 Å². The van der Waals surface area contributed by atoms with E-state index in [1.165, 1.54) is 18.4 Å². The molecule has 134 valence electrons. The molecule has 0 radical (unpaired) electrons. The lowest BCUT2D eigenvalue weighted by Gasteiger charge is -2.22. The molecule has 1 aliphatic heterocycles. The van der Waals surface area contributed by atoms with Gasteiger partial charge in [0.25, 0.3) is 0 Å². The first-order chi connectivity index (χ1) is 12.3. The first kappa shape index (κ1) is 17.8. The predicted octanol–water partition coefficient (Wildman–Crippen LogP) is 3.36. The van der Waals surface area contributed by atoms with Gasteiger partial charge in [0, 0.05) is 6.54 Å². The van der Waals surface area contributed by atoms with E-state index in [0.717, 1.165) is 49.2 Å². The molecule has 0 unspecified atom stereocenters. The van der Waals surface area contributed by atoms with Gasteiger partial charge in [-0.05, 0) is 61.7 Å². The highest BCUT2D eigenvalue weighted by molar-refractivity contribution is 5.43. The highest BCUT2D eigenvalue weighted by Crippen LogP contribution is 2.29. The second kappa shape index (κ2) is 9.44. The van der Waals surface area contributed by atoms with E-state index in [9.17, 15) is 0 Å². The van der Waals surface area contributed by atoms with E-state index in [-0.39, 0.29) is 0 Å². The van der Waals surface area contributed by atoms with Crippen molar-refractivity contribution in [3.05, 3.63) is 59.7 Å². The average Bonchev–Trinajstić information content (AvgIpc) is 2.68. The maximum absolute atomic E-state index is 5.92. The van der Waals surface area contributed by atoms with Crippen LogP contribution in [0.3, 0.4) is 0 Å². The lowest BCUT2D eigenvalue weighted by Crippen LogP contribution is -2.33. The Balaban J connectivity index is 1.51. The average molecular weight is 340 g/mol. The molecule has 4 heteroatoms. The molecule has 1 heterocycles. The van der Waals surface area contributed by atoms with Crippen molar-refractivity contribution >= 4 is 0 Å². The van der Waals surface area contributed by atoms with Crippen molar-refractivity contribution in [1.29, 1.82) is 0 Å². The second-order valence-electron chi connectivity index (χ2n) is 6.58. The third kappa shape index (κ3) is 5.48. The summed E-state index contributed by atoms with van der Waals surface area (Å²) in [5.41, 5.74) is 2.37. The number of piperidine rings is 1. The summed E-state index contributed by atoms with van der Waals surface area (Å²) in [5, 5.41) is 6.99. The van der Waals surface area contributed by atoms with Crippen molar-refractivity contribution in [3.63, 3.8) is 0 Å². The van der Waals surface area contributed by atoms with E-state index in [1.54, 1.807) is 7.11 Å². The molecule has 0 aliphatic carbocycles. The van der Waals surface area contributed by atoms with Gasteiger partial charge in [0.1, 0.15) is 6.61 Å². The lowest BCUT2D eigenvalue weighted by molar-refractivity contribution is 0.284. The van der Waals surface area contributed by atoms with Crippen molar-refractivity contribution in [2.75, 3.05) is 26.7 Å². The third-order valence-electron chi connectivity index (χ3n) is 4.69. The highest BCUT2D eigenvalue weighted by Gasteiger charge is 2.12. The van der Waals surface area contributed by atoms with Gasteiger partial charge in [0.15, 0.2) is 11.5 Å². The Labute approximate surface area is 150 Å². The summed E-state index contributed by atoms with van der Waals surface area (Å²) in [6, 6.07) is 16.4. The van der Waals surface area contributed by atoms with Gasteiger partial charge in [-0.25, -0.2) is 0 Å². The van der Waals surface area contributed by atoms with Crippen LogP contribution in [0.25, 0.3) is 0 Å². The fourth-order valence-corrected chi connectivity index (χ4v) is 3.18. The molecule has 0 bridgehead atoms. The minimum absolute atomic E-state index is 0.546. The zero-order chi connectivity index (χ0) is 17.3. The fraction of sp³-hybridized carbons (Fsp3) is 0.429. The molecule has 1 saturated heterocycles. The largest absolute Gasteiger partial charge is 0.493 e. The zero-order valence-corrected chi connectivity index (χ0v) is 15.0. The summed E-state index contributed by atoms with van der Waals surface area (Å²) in [6.07, 6.45) is 2.53. The Bertz CT molecular complexity index is 640. The van der Waals surface area contributed by atoms with E-state index in [2.05, 4.69) is 34.9 Å². The van der Waals surface area contributed by atoms with Crippen LogP contribution in [-0.2, 0) is 13.2 Å². The van der Waals surface area contributed by atoms with E-state index >= 15 is 0 Å². The molecule has 2 aromatic rings. The Hall–Kier alpha value is -2.04. The first-order valence-electron chi connectivity index (χ1n) is 9.10. The van der Waals surface area contributed by atoms with Gasteiger partial charge >= 0.3 is 0 Å². The van der Waals surface area contributed by atoms with Crippen LogP contribution < -0.4 is 20.1 Å². The van der Waals surface area contributed by atoms with Crippen molar-refractivity contribution in [3.8, 4) is 11.5 Å².